The molecule has 0 amide bonds. The lowest BCUT2D eigenvalue weighted by Crippen LogP contribution is -2.29. The van der Waals surface area contributed by atoms with Crippen LogP contribution in [0.3, 0.4) is 0 Å². The van der Waals surface area contributed by atoms with Gasteiger partial charge in [0.25, 0.3) is 0 Å². The molecule has 0 bridgehead atoms. The van der Waals surface area contributed by atoms with E-state index in [0.29, 0.717) is 10.1 Å². The fraction of sp³-hybridized carbons (Fsp3) is 0.0833. The highest BCUT2D eigenvalue weighted by Crippen LogP contribution is 2.43. The highest BCUT2D eigenvalue weighted by Gasteiger charge is 2.42. The zero-order valence-corrected chi connectivity index (χ0v) is 19.4. The Kier molecular flexibility index (Phi) is 5.52. The van der Waals surface area contributed by atoms with Gasteiger partial charge in [-0.15, -0.1) is 0 Å². The fourth-order valence-corrected chi connectivity index (χ4v) is 4.54. The van der Waals surface area contributed by atoms with E-state index in [0.717, 1.165) is 32.9 Å². The summed E-state index contributed by atoms with van der Waals surface area (Å²) < 4.78 is 7.38. The van der Waals surface area contributed by atoms with Crippen molar-refractivity contribution in [3.05, 3.63) is 106 Å². The molecule has 0 unspecified atom stereocenters. The molecule has 0 radical (unpaired) electrons. The summed E-state index contributed by atoms with van der Waals surface area (Å²) in [5.74, 6) is 1.60. The van der Waals surface area contributed by atoms with E-state index in [2.05, 4.69) is 31.1 Å². The van der Waals surface area contributed by atoms with Crippen LogP contribution in [0.15, 0.2) is 93.9 Å². The maximum absolute atomic E-state index is 6.36. The first-order valence-electron chi connectivity index (χ1n) is 9.72. The third-order valence-electron chi connectivity index (χ3n) is 5.25. The molecule has 2 atom stereocenters. The Morgan fingerprint density at radius 2 is 1.74 bits per heavy atom. The molecular weight excluding hydrogens is 494 g/mol. The molecule has 3 heterocycles. The number of halogens is 2. The van der Waals surface area contributed by atoms with E-state index in [1.165, 1.54) is 0 Å². The summed E-state index contributed by atoms with van der Waals surface area (Å²) in [5.41, 5.74) is 2.84. The molecule has 31 heavy (non-hydrogen) atoms. The van der Waals surface area contributed by atoms with E-state index in [9.17, 15) is 0 Å². The van der Waals surface area contributed by atoms with Gasteiger partial charge in [-0.1, -0.05) is 45.7 Å². The zero-order valence-electron chi connectivity index (χ0n) is 16.2. The Morgan fingerprint density at radius 3 is 2.45 bits per heavy atom. The van der Waals surface area contributed by atoms with Gasteiger partial charge < -0.3 is 14.6 Å². The molecular formula is C24H17BrClN3OS. The summed E-state index contributed by atoms with van der Waals surface area (Å²) in [5, 5.41) is 4.73. The number of aromatic nitrogens is 1. The first kappa shape index (κ1) is 20.2. The lowest BCUT2D eigenvalue weighted by Gasteiger charge is -2.26. The van der Waals surface area contributed by atoms with Crippen LogP contribution in [-0.4, -0.2) is 10.1 Å². The number of nitrogens with one attached hydrogen (secondary N) is 1. The highest BCUT2D eigenvalue weighted by atomic mass is 79.9. The predicted molar refractivity (Wildman–Crippen MR) is 131 cm³/mol. The zero-order chi connectivity index (χ0) is 21.4. The first-order chi connectivity index (χ1) is 15.1. The molecule has 154 valence electrons. The molecule has 2 aromatic carbocycles. The van der Waals surface area contributed by atoms with Gasteiger partial charge in [-0.25, -0.2) is 0 Å². The van der Waals surface area contributed by atoms with Crippen LogP contribution in [0.5, 0.6) is 0 Å². The minimum Gasteiger partial charge on any atom is -0.459 e. The second kappa shape index (κ2) is 8.46. The second-order valence-electron chi connectivity index (χ2n) is 7.18. The summed E-state index contributed by atoms with van der Waals surface area (Å²) in [7, 11) is 0. The van der Waals surface area contributed by atoms with Crippen LogP contribution in [0.1, 0.15) is 23.5 Å². The fourth-order valence-electron chi connectivity index (χ4n) is 3.80. The molecule has 1 fully saturated rings. The average molecular weight is 511 g/mol. The van der Waals surface area contributed by atoms with Crippen LogP contribution in [0.2, 0.25) is 5.02 Å². The van der Waals surface area contributed by atoms with Gasteiger partial charge in [0.2, 0.25) is 0 Å². The Hall–Kier alpha value is -2.67. The number of thiocarbonyl (C=S) groups is 1. The van der Waals surface area contributed by atoms with E-state index in [1.807, 2.05) is 78.9 Å². The Balaban J connectivity index is 1.59. The molecule has 4 nitrogen and oxygen atoms in total. The SMILES string of the molecule is S=C1N[C@H](c2ccccn2)[C@@H](c2ccc(-c3ccc(Br)cc3)o2)N1c1ccc(Cl)cc1. The van der Waals surface area contributed by atoms with Crippen molar-refractivity contribution >= 4 is 50.5 Å². The minimum atomic E-state index is -0.201. The van der Waals surface area contributed by atoms with Gasteiger partial charge in [-0.05, 0) is 72.9 Å². The number of anilines is 1. The van der Waals surface area contributed by atoms with E-state index < -0.39 is 0 Å². The molecule has 2 aromatic heterocycles. The lowest BCUT2D eigenvalue weighted by atomic mass is 10.0. The van der Waals surface area contributed by atoms with Crippen molar-refractivity contribution in [2.24, 2.45) is 0 Å². The standard InChI is InChI=1S/C24H17BrClN3OS/c25-16-6-4-15(5-7-16)20-12-13-21(30-20)23-22(19-3-1-2-14-27-19)28-24(31)29(23)18-10-8-17(26)9-11-18/h1-14,22-23H,(H,28,31)/t22-,23-/m1/s1. The van der Waals surface area contributed by atoms with Crippen molar-refractivity contribution in [3.8, 4) is 11.3 Å². The molecule has 0 saturated carbocycles. The van der Waals surface area contributed by atoms with Crippen molar-refractivity contribution in [2.45, 2.75) is 12.1 Å². The number of hydrogen-bond donors (Lipinski definition) is 1. The van der Waals surface area contributed by atoms with Crippen molar-refractivity contribution < 1.29 is 4.42 Å². The van der Waals surface area contributed by atoms with Crippen molar-refractivity contribution in [2.75, 3.05) is 4.90 Å². The summed E-state index contributed by atoms with van der Waals surface area (Å²) >= 11 is 15.3. The van der Waals surface area contributed by atoms with Crippen LogP contribution in [0, 0.1) is 0 Å². The number of furan rings is 1. The van der Waals surface area contributed by atoms with Gasteiger partial charge in [0.1, 0.15) is 17.6 Å². The van der Waals surface area contributed by atoms with E-state index in [1.54, 1.807) is 6.20 Å². The second-order valence-corrected chi connectivity index (χ2v) is 8.92. The van der Waals surface area contributed by atoms with Crippen LogP contribution in [-0.2, 0) is 0 Å². The summed E-state index contributed by atoms with van der Waals surface area (Å²) in [4.78, 5) is 6.64. The van der Waals surface area contributed by atoms with Crippen molar-refractivity contribution in [1.82, 2.24) is 10.3 Å². The van der Waals surface area contributed by atoms with Gasteiger partial charge in [0.05, 0.1) is 11.7 Å². The van der Waals surface area contributed by atoms with Gasteiger partial charge in [-0.2, -0.15) is 0 Å². The highest BCUT2D eigenvalue weighted by molar-refractivity contribution is 9.10. The van der Waals surface area contributed by atoms with Gasteiger partial charge >= 0.3 is 0 Å². The Bertz CT molecular complexity index is 1210. The molecule has 5 rings (SSSR count). The summed E-state index contributed by atoms with van der Waals surface area (Å²) in [6, 6.07) is 25.2. The molecule has 0 spiro atoms. The van der Waals surface area contributed by atoms with Gasteiger partial charge in [-0.3, -0.25) is 4.98 Å². The van der Waals surface area contributed by atoms with E-state index >= 15 is 0 Å². The van der Waals surface area contributed by atoms with Crippen molar-refractivity contribution in [3.63, 3.8) is 0 Å². The average Bonchev–Trinajstić information content (AvgIpc) is 3.40. The summed E-state index contributed by atoms with van der Waals surface area (Å²) in [6.07, 6.45) is 1.79. The Morgan fingerprint density at radius 1 is 0.968 bits per heavy atom. The van der Waals surface area contributed by atoms with Crippen LogP contribution in [0.25, 0.3) is 11.3 Å². The third-order valence-corrected chi connectivity index (χ3v) is 6.35. The van der Waals surface area contributed by atoms with Gasteiger partial charge in [0.15, 0.2) is 5.11 Å². The van der Waals surface area contributed by atoms with E-state index in [-0.39, 0.29) is 12.1 Å². The number of rotatable bonds is 4. The smallest absolute Gasteiger partial charge is 0.174 e. The molecule has 1 aliphatic rings. The minimum absolute atomic E-state index is 0.159. The quantitative estimate of drug-likeness (QED) is 0.301. The number of pyridine rings is 1. The molecule has 7 heteroatoms. The topological polar surface area (TPSA) is 41.3 Å². The molecule has 4 aromatic rings. The first-order valence-corrected chi connectivity index (χ1v) is 11.3. The Labute approximate surface area is 199 Å². The number of hydrogen-bond acceptors (Lipinski definition) is 3. The van der Waals surface area contributed by atoms with E-state index in [4.69, 9.17) is 28.2 Å². The van der Waals surface area contributed by atoms with Crippen molar-refractivity contribution in [1.29, 1.82) is 0 Å². The van der Waals surface area contributed by atoms with Crippen LogP contribution in [0.4, 0.5) is 5.69 Å². The lowest BCUT2D eigenvalue weighted by molar-refractivity contribution is 0.439. The number of benzene rings is 2. The maximum Gasteiger partial charge on any atom is 0.174 e. The molecule has 0 aliphatic carbocycles. The molecule has 1 N–H and O–H groups in total. The molecule has 1 saturated heterocycles. The largest absolute Gasteiger partial charge is 0.459 e. The van der Waals surface area contributed by atoms with Gasteiger partial charge in [0, 0.05) is 26.9 Å². The maximum atomic E-state index is 6.36. The van der Waals surface area contributed by atoms with Crippen LogP contribution < -0.4 is 10.2 Å². The summed E-state index contributed by atoms with van der Waals surface area (Å²) in [6.45, 7) is 0. The monoisotopic (exact) mass is 509 g/mol. The normalized spacial score (nSPS) is 18.3. The molecule has 1 aliphatic heterocycles. The predicted octanol–water partition coefficient (Wildman–Crippen LogP) is 6.93. The number of nitrogens with zero attached hydrogens (tertiary/aromatic N) is 2. The third kappa shape index (κ3) is 3.99. The van der Waals surface area contributed by atoms with Crippen LogP contribution >= 0.6 is 39.7 Å².